The van der Waals surface area contributed by atoms with Gasteiger partial charge >= 0.3 is 0 Å². The number of benzene rings is 2. The van der Waals surface area contributed by atoms with E-state index in [2.05, 4.69) is 17.1 Å². The highest BCUT2D eigenvalue weighted by molar-refractivity contribution is 7.98. The van der Waals surface area contributed by atoms with Crippen LogP contribution in [0.4, 0.5) is 0 Å². The number of carbonyl (C=O) groups is 1. The monoisotopic (exact) mass is 315 g/mol. The molecule has 3 aromatic rings. The summed E-state index contributed by atoms with van der Waals surface area (Å²) in [5.41, 5.74) is 4.43. The molecule has 2 nitrogen and oxygen atoms in total. The van der Waals surface area contributed by atoms with Crippen LogP contribution in [0.25, 0.3) is 22.2 Å². The number of aromatic nitrogens is 1. The molecule has 0 spiro atoms. The molecule has 1 aromatic heterocycles. The molecule has 0 aliphatic rings. The molecule has 21 heavy (non-hydrogen) atoms. The Morgan fingerprint density at radius 3 is 2.48 bits per heavy atom. The number of aryl methyl sites for hydroxylation is 1. The van der Waals surface area contributed by atoms with Gasteiger partial charge in [0.2, 0.25) is 0 Å². The van der Waals surface area contributed by atoms with E-state index in [9.17, 15) is 4.79 Å². The second-order valence-electron chi connectivity index (χ2n) is 4.87. The molecule has 0 amide bonds. The molecule has 0 saturated carbocycles. The normalized spacial score (nSPS) is 11.0. The zero-order valence-electron chi connectivity index (χ0n) is 11.7. The highest BCUT2D eigenvalue weighted by atomic mass is 35.5. The minimum atomic E-state index is 0.598. The summed E-state index contributed by atoms with van der Waals surface area (Å²) in [5, 5.41) is 1.40. The van der Waals surface area contributed by atoms with Crippen molar-refractivity contribution in [3.63, 3.8) is 0 Å². The van der Waals surface area contributed by atoms with Gasteiger partial charge < -0.3 is 4.98 Å². The fraction of sp³-hybridized carbons (Fsp3) is 0.118. The molecule has 0 fully saturated rings. The zero-order chi connectivity index (χ0) is 15.0. The van der Waals surface area contributed by atoms with Crippen LogP contribution in [-0.4, -0.2) is 17.5 Å². The van der Waals surface area contributed by atoms with Crippen LogP contribution in [0.2, 0.25) is 5.02 Å². The molecule has 106 valence electrons. The van der Waals surface area contributed by atoms with Crippen LogP contribution in [0.5, 0.6) is 0 Å². The van der Waals surface area contributed by atoms with Crippen molar-refractivity contribution in [1.82, 2.24) is 4.98 Å². The average molecular weight is 316 g/mol. The number of thioether (sulfide) groups is 1. The molecule has 0 unspecified atom stereocenters. The number of rotatable bonds is 3. The van der Waals surface area contributed by atoms with Crippen LogP contribution in [0.3, 0.4) is 0 Å². The summed E-state index contributed by atoms with van der Waals surface area (Å²) >= 11 is 7.97. The lowest BCUT2D eigenvalue weighted by atomic mass is 10.1. The quantitative estimate of drug-likeness (QED) is 0.523. The molecular weight excluding hydrogens is 302 g/mol. The van der Waals surface area contributed by atoms with Crippen LogP contribution in [0.1, 0.15) is 15.9 Å². The number of hydrogen-bond acceptors (Lipinski definition) is 2. The number of halogens is 1. The minimum absolute atomic E-state index is 0.598. The maximum Gasteiger partial charge on any atom is 0.152 e. The van der Waals surface area contributed by atoms with E-state index in [1.807, 2.05) is 37.4 Å². The summed E-state index contributed by atoms with van der Waals surface area (Å²) in [6.07, 6.45) is 2.92. The van der Waals surface area contributed by atoms with Gasteiger partial charge in [-0.1, -0.05) is 29.8 Å². The predicted octanol–water partition coefficient (Wildman–Crippen LogP) is 5.33. The first kappa shape index (κ1) is 14.2. The Kier molecular flexibility index (Phi) is 3.79. The van der Waals surface area contributed by atoms with Crippen LogP contribution >= 0.6 is 23.4 Å². The van der Waals surface area contributed by atoms with Crippen LogP contribution in [0, 0.1) is 6.92 Å². The van der Waals surface area contributed by atoms with Gasteiger partial charge in [0.25, 0.3) is 0 Å². The number of nitrogens with one attached hydrogen (secondary N) is 1. The molecule has 0 bridgehead atoms. The van der Waals surface area contributed by atoms with Crippen molar-refractivity contribution in [3.05, 3.63) is 52.5 Å². The summed E-state index contributed by atoms with van der Waals surface area (Å²) in [5.74, 6) is 0. The second kappa shape index (κ2) is 5.58. The highest BCUT2D eigenvalue weighted by Gasteiger charge is 2.16. The lowest BCUT2D eigenvalue weighted by Crippen LogP contribution is -1.85. The molecule has 4 heteroatoms. The third kappa shape index (κ3) is 2.37. The number of fused-ring (bicyclic) bond motifs is 1. The largest absolute Gasteiger partial charge is 0.354 e. The second-order valence-corrected chi connectivity index (χ2v) is 6.16. The van der Waals surface area contributed by atoms with E-state index in [-0.39, 0.29) is 0 Å². The average Bonchev–Trinajstić information content (AvgIpc) is 2.92. The lowest BCUT2D eigenvalue weighted by molar-refractivity contribution is 0.112. The first-order valence-electron chi connectivity index (χ1n) is 6.56. The molecular formula is C17H14ClNOS. The van der Waals surface area contributed by atoms with E-state index < -0.39 is 0 Å². The molecule has 0 radical (unpaired) electrons. The molecule has 2 aromatic carbocycles. The smallest absolute Gasteiger partial charge is 0.152 e. The Morgan fingerprint density at radius 2 is 1.86 bits per heavy atom. The summed E-state index contributed by atoms with van der Waals surface area (Å²) in [6, 6.07) is 11.9. The molecule has 0 atom stereocenters. The van der Waals surface area contributed by atoms with Gasteiger partial charge in [0.1, 0.15) is 0 Å². The molecule has 0 aliphatic carbocycles. The van der Waals surface area contributed by atoms with Crippen molar-refractivity contribution in [2.45, 2.75) is 11.8 Å². The van der Waals surface area contributed by atoms with Gasteiger partial charge in [-0.2, -0.15) is 0 Å². The molecule has 1 N–H and O–H groups in total. The van der Waals surface area contributed by atoms with E-state index >= 15 is 0 Å². The first-order valence-corrected chi connectivity index (χ1v) is 8.16. The maximum atomic E-state index is 11.6. The van der Waals surface area contributed by atoms with Gasteiger partial charge in [-0.15, -0.1) is 11.8 Å². The van der Waals surface area contributed by atoms with Crippen LogP contribution in [-0.2, 0) is 0 Å². The van der Waals surface area contributed by atoms with Crippen molar-refractivity contribution >= 4 is 40.6 Å². The Bertz CT molecular complexity index is 821. The number of hydrogen-bond donors (Lipinski definition) is 1. The third-order valence-electron chi connectivity index (χ3n) is 3.65. The maximum absolute atomic E-state index is 11.6. The van der Waals surface area contributed by atoms with Crippen molar-refractivity contribution in [2.75, 3.05) is 6.26 Å². The van der Waals surface area contributed by atoms with Gasteiger partial charge in [-0.25, -0.2) is 0 Å². The van der Waals surface area contributed by atoms with E-state index in [4.69, 9.17) is 11.6 Å². The summed E-state index contributed by atoms with van der Waals surface area (Å²) in [7, 11) is 0. The topological polar surface area (TPSA) is 32.9 Å². The Morgan fingerprint density at radius 1 is 1.14 bits per heavy atom. The fourth-order valence-corrected chi connectivity index (χ4v) is 3.19. The molecule has 1 heterocycles. The molecule has 0 aliphatic heterocycles. The number of aromatic amines is 1. The highest BCUT2D eigenvalue weighted by Crippen LogP contribution is 2.35. The molecule has 0 saturated heterocycles. The van der Waals surface area contributed by atoms with Gasteiger partial charge in [-0.05, 0) is 42.5 Å². The van der Waals surface area contributed by atoms with Crippen LogP contribution < -0.4 is 0 Å². The third-order valence-corrected chi connectivity index (χ3v) is 4.71. The number of H-pyrrole nitrogens is 1. The van der Waals surface area contributed by atoms with Gasteiger partial charge in [0.05, 0.1) is 16.2 Å². The SMILES string of the molecule is CSc1ccc(-c2[nH]c3c(C)ccc(Cl)c3c2C=O)cc1. The lowest BCUT2D eigenvalue weighted by Gasteiger charge is -2.01. The number of carbonyl (C=O) groups excluding carboxylic acids is 1. The van der Waals surface area contributed by atoms with Gasteiger partial charge in [0, 0.05) is 15.8 Å². The predicted molar refractivity (Wildman–Crippen MR) is 90.7 cm³/mol. The summed E-state index contributed by atoms with van der Waals surface area (Å²) in [6.45, 7) is 2.00. The van der Waals surface area contributed by atoms with Gasteiger partial charge in [0.15, 0.2) is 6.29 Å². The Hall–Kier alpha value is -1.71. The van der Waals surface area contributed by atoms with E-state index in [1.54, 1.807) is 11.8 Å². The van der Waals surface area contributed by atoms with Gasteiger partial charge in [-0.3, -0.25) is 4.79 Å². The van der Waals surface area contributed by atoms with Crippen molar-refractivity contribution in [1.29, 1.82) is 0 Å². The minimum Gasteiger partial charge on any atom is -0.354 e. The number of aldehydes is 1. The fourth-order valence-electron chi connectivity index (χ4n) is 2.53. The Labute approximate surface area is 132 Å². The van der Waals surface area contributed by atoms with E-state index in [1.165, 1.54) is 4.90 Å². The first-order chi connectivity index (χ1) is 10.2. The Balaban J connectivity index is 2.29. The van der Waals surface area contributed by atoms with Crippen molar-refractivity contribution in [3.8, 4) is 11.3 Å². The van der Waals surface area contributed by atoms with E-state index in [0.29, 0.717) is 10.6 Å². The summed E-state index contributed by atoms with van der Waals surface area (Å²) < 4.78 is 0. The summed E-state index contributed by atoms with van der Waals surface area (Å²) in [4.78, 5) is 16.1. The zero-order valence-corrected chi connectivity index (χ0v) is 13.3. The van der Waals surface area contributed by atoms with E-state index in [0.717, 1.165) is 34.0 Å². The van der Waals surface area contributed by atoms with Crippen LogP contribution in [0.15, 0.2) is 41.3 Å². The molecule has 3 rings (SSSR count). The standard InChI is InChI=1S/C17H14ClNOS/c1-10-3-8-14(18)15-13(9-20)17(19-16(10)15)11-4-6-12(21-2)7-5-11/h3-9,19H,1-2H3. The van der Waals surface area contributed by atoms with Crippen molar-refractivity contribution < 1.29 is 4.79 Å². The van der Waals surface area contributed by atoms with Crippen molar-refractivity contribution in [2.24, 2.45) is 0 Å².